The van der Waals surface area contributed by atoms with E-state index in [0.29, 0.717) is 5.56 Å². The molecule has 5 heteroatoms. The lowest BCUT2D eigenvalue weighted by Gasteiger charge is -2.34. The summed E-state index contributed by atoms with van der Waals surface area (Å²) < 4.78 is 0. The van der Waals surface area contributed by atoms with Crippen molar-refractivity contribution in [3.63, 3.8) is 0 Å². The SMILES string of the molecule is N#CC1C(=O)NC(O)C(C#N)C1c1ccccc1. The molecule has 1 heterocycles. The van der Waals surface area contributed by atoms with Crippen LogP contribution in [-0.4, -0.2) is 17.2 Å². The van der Waals surface area contributed by atoms with Crippen LogP contribution < -0.4 is 5.32 Å². The first-order valence-corrected chi connectivity index (χ1v) is 5.51. The first-order chi connectivity index (χ1) is 8.69. The smallest absolute Gasteiger partial charge is 0.240 e. The third kappa shape index (κ3) is 1.92. The van der Waals surface area contributed by atoms with E-state index < -0.39 is 29.9 Å². The number of carbonyl (C=O) groups is 1. The van der Waals surface area contributed by atoms with Gasteiger partial charge in [-0.25, -0.2) is 0 Å². The van der Waals surface area contributed by atoms with E-state index in [-0.39, 0.29) is 0 Å². The van der Waals surface area contributed by atoms with Gasteiger partial charge in [-0.05, 0) is 5.56 Å². The van der Waals surface area contributed by atoms with Crippen LogP contribution in [0, 0.1) is 34.5 Å². The summed E-state index contributed by atoms with van der Waals surface area (Å²) in [6.07, 6.45) is -1.24. The molecule has 4 atom stereocenters. The van der Waals surface area contributed by atoms with Crippen molar-refractivity contribution in [1.82, 2.24) is 5.32 Å². The topological polar surface area (TPSA) is 96.9 Å². The number of rotatable bonds is 1. The first kappa shape index (κ1) is 12.1. The molecular weight excluding hydrogens is 230 g/mol. The fourth-order valence-corrected chi connectivity index (χ4v) is 2.26. The second-order valence-electron chi connectivity index (χ2n) is 4.15. The van der Waals surface area contributed by atoms with E-state index in [9.17, 15) is 9.90 Å². The summed E-state index contributed by atoms with van der Waals surface area (Å²) in [7, 11) is 0. The minimum Gasteiger partial charge on any atom is -0.372 e. The molecule has 2 N–H and O–H groups in total. The van der Waals surface area contributed by atoms with Crippen LogP contribution >= 0.6 is 0 Å². The maximum Gasteiger partial charge on any atom is 0.240 e. The van der Waals surface area contributed by atoms with E-state index in [4.69, 9.17) is 10.5 Å². The van der Waals surface area contributed by atoms with Crippen LogP contribution in [0.5, 0.6) is 0 Å². The summed E-state index contributed by atoms with van der Waals surface area (Å²) in [6.45, 7) is 0. The lowest BCUT2D eigenvalue weighted by atomic mass is 9.74. The summed E-state index contributed by atoms with van der Waals surface area (Å²) in [6, 6.07) is 12.8. The van der Waals surface area contributed by atoms with Gasteiger partial charge in [0.1, 0.15) is 12.1 Å². The molecule has 1 amide bonds. The van der Waals surface area contributed by atoms with Gasteiger partial charge in [-0.1, -0.05) is 30.3 Å². The zero-order valence-corrected chi connectivity index (χ0v) is 9.45. The molecule has 18 heavy (non-hydrogen) atoms. The molecule has 4 unspecified atom stereocenters. The number of aliphatic hydroxyl groups excluding tert-OH is 1. The number of nitrogens with zero attached hydrogens (tertiary/aromatic N) is 2. The van der Waals surface area contributed by atoms with Gasteiger partial charge in [-0.15, -0.1) is 0 Å². The maximum atomic E-state index is 11.7. The Morgan fingerprint density at radius 3 is 2.39 bits per heavy atom. The first-order valence-electron chi connectivity index (χ1n) is 5.51. The van der Waals surface area contributed by atoms with Crippen LogP contribution in [0.2, 0.25) is 0 Å². The molecular formula is C13H11N3O2. The van der Waals surface area contributed by atoms with Crippen LogP contribution in [0.25, 0.3) is 0 Å². The van der Waals surface area contributed by atoms with Crippen molar-refractivity contribution in [1.29, 1.82) is 10.5 Å². The zero-order valence-electron chi connectivity index (χ0n) is 9.45. The summed E-state index contributed by atoms with van der Waals surface area (Å²) in [5.41, 5.74) is 0.713. The van der Waals surface area contributed by atoms with Crippen molar-refractivity contribution in [2.45, 2.75) is 12.1 Å². The third-order valence-corrected chi connectivity index (χ3v) is 3.13. The van der Waals surface area contributed by atoms with Gasteiger partial charge in [0.05, 0.1) is 18.1 Å². The number of nitrogens with one attached hydrogen (secondary N) is 1. The van der Waals surface area contributed by atoms with Crippen LogP contribution in [0.3, 0.4) is 0 Å². The monoisotopic (exact) mass is 241 g/mol. The largest absolute Gasteiger partial charge is 0.372 e. The predicted octanol–water partition coefficient (Wildman–Crippen LogP) is 0.498. The molecule has 2 rings (SSSR count). The van der Waals surface area contributed by atoms with Crippen molar-refractivity contribution in [2.24, 2.45) is 11.8 Å². The summed E-state index contributed by atoms with van der Waals surface area (Å²) in [4.78, 5) is 11.7. The van der Waals surface area contributed by atoms with Gasteiger partial charge in [0, 0.05) is 5.92 Å². The van der Waals surface area contributed by atoms with E-state index in [0.717, 1.165) is 0 Å². The van der Waals surface area contributed by atoms with E-state index in [2.05, 4.69) is 5.32 Å². The Balaban J connectivity index is 2.47. The fraction of sp³-hybridized carbons (Fsp3) is 0.308. The van der Waals surface area contributed by atoms with Gasteiger partial charge in [0.25, 0.3) is 0 Å². The lowest BCUT2D eigenvalue weighted by molar-refractivity contribution is -0.132. The quantitative estimate of drug-likeness (QED) is 0.748. The van der Waals surface area contributed by atoms with Gasteiger partial charge in [0.2, 0.25) is 5.91 Å². The molecule has 1 aromatic rings. The van der Waals surface area contributed by atoms with Gasteiger partial charge in [-0.3, -0.25) is 4.79 Å². The molecule has 1 saturated heterocycles. The van der Waals surface area contributed by atoms with E-state index in [1.165, 1.54) is 0 Å². The summed E-state index contributed by atoms with van der Waals surface area (Å²) >= 11 is 0. The van der Waals surface area contributed by atoms with Crippen molar-refractivity contribution < 1.29 is 9.90 Å². The van der Waals surface area contributed by atoms with E-state index >= 15 is 0 Å². The second kappa shape index (κ2) is 4.87. The highest BCUT2D eigenvalue weighted by atomic mass is 16.3. The number of hydrogen-bond acceptors (Lipinski definition) is 4. The molecule has 0 spiro atoms. The standard InChI is InChI=1S/C13H11N3O2/c14-6-9-11(8-4-2-1-3-5-8)10(7-15)13(18)16-12(9)17/h1-5,9-12,17H,(H,16,18). The van der Waals surface area contributed by atoms with E-state index in [1.807, 2.05) is 18.2 Å². The van der Waals surface area contributed by atoms with Crippen LogP contribution in [0.4, 0.5) is 0 Å². The number of amides is 1. The highest BCUT2D eigenvalue weighted by Crippen LogP contribution is 2.36. The minimum atomic E-state index is -1.24. The molecule has 0 bridgehead atoms. The van der Waals surface area contributed by atoms with Crippen molar-refractivity contribution in [3.05, 3.63) is 35.9 Å². The summed E-state index contributed by atoms with van der Waals surface area (Å²) in [5, 5.41) is 30.2. The van der Waals surface area contributed by atoms with Crippen molar-refractivity contribution in [3.8, 4) is 12.1 Å². The Labute approximate surface area is 104 Å². The average molecular weight is 241 g/mol. The number of hydrogen-bond donors (Lipinski definition) is 2. The number of aliphatic hydroxyl groups is 1. The van der Waals surface area contributed by atoms with Gasteiger partial charge in [0.15, 0.2) is 0 Å². The molecule has 1 aromatic carbocycles. The number of benzene rings is 1. The lowest BCUT2D eigenvalue weighted by Crippen LogP contribution is -2.52. The Morgan fingerprint density at radius 1 is 1.17 bits per heavy atom. The average Bonchev–Trinajstić information content (AvgIpc) is 2.39. The highest BCUT2D eigenvalue weighted by Gasteiger charge is 2.44. The normalized spacial score (nSPS) is 30.9. The second-order valence-corrected chi connectivity index (χ2v) is 4.15. The van der Waals surface area contributed by atoms with Crippen molar-refractivity contribution in [2.75, 3.05) is 0 Å². The van der Waals surface area contributed by atoms with Crippen LogP contribution in [0.1, 0.15) is 11.5 Å². The van der Waals surface area contributed by atoms with Crippen LogP contribution in [0.15, 0.2) is 30.3 Å². The maximum absolute atomic E-state index is 11.7. The number of nitriles is 2. The Morgan fingerprint density at radius 2 is 1.83 bits per heavy atom. The highest BCUT2D eigenvalue weighted by molar-refractivity contribution is 5.83. The summed E-state index contributed by atoms with van der Waals surface area (Å²) in [5.74, 6) is -2.93. The minimum absolute atomic E-state index is 0.537. The molecule has 1 fully saturated rings. The molecule has 1 aliphatic heterocycles. The Kier molecular flexibility index (Phi) is 3.27. The number of piperidine rings is 1. The molecule has 0 aromatic heterocycles. The molecule has 1 aliphatic rings. The van der Waals surface area contributed by atoms with Crippen LogP contribution in [-0.2, 0) is 4.79 Å². The molecule has 5 nitrogen and oxygen atoms in total. The Bertz CT molecular complexity index is 529. The van der Waals surface area contributed by atoms with Gasteiger partial charge in [-0.2, -0.15) is 10.5 Å². The molecule has 0 aliphatic carbocycles. The predicted molar refractivity (Wildman–Crippen MR) is 61.5 cm³/mol. The zero-order chi connectivity index (χ0) is 13.1. The van der Waals surface area contributed by atoms with Gasteiger partial charge < -0.3 is 10.4 Å². The van der Waals surface area contributed by atoms with E-state index in [1.54, 1.807) is 24.3 Å². The van der Waals surface area contributed by atoms with Crippen molar-refractivity contribution >= 4 is 5.91 Å². The fourth-order valence-electron chi connectivity index (χ4n) is 2.26. The molecule has 0 saturated carbocycles. The molecule has 0 radical (unpaired) electrons. The third-order valence-electron chi connectivity index (χ3n) is 3.13. The number of carbonyl (C=O) groups excluding carboxylic acids is 1. The van der Waals surface area contributed by atoms with Gasteiger partial charge >= 0.3 is 0 Å². The Hall–Kier alpha value is -2.37. The molecule has 90 valence electrons.